The Bertz CT molecular complexity index is 639. The fraction of sp³-hybridized carbons (Fsp3) is 0.417. The fourth-order valence-electron chi connectivity index (χ4n) is 2.03. The average molecular weight is 380 g/mol. The van der Waals surface area contributed by atoms with E-state index in [4.69, 9.17) is 0 Å². The summed E-state index contributed by atoms with van der Waals surface area (Å²) < 4.78 is 27.9. The summed E-state index contributed by atoms with van der Waals surface area (Å²) in [6, 6.07) is 4.90. The molecule has 1 atom stereocenters. The van der Waals surface area contributed by atoms with Crippen LogP contribution in [-0.4, -0.2) is 36.5 Å². The number of aliphatic carboxylic acids is 1. The van der Waals surface area contributed by atoms with E-state index >= 15 is 0 Å². The summed E-state index contributed by atoms with van der Waals surface area (Å²) in [5.41, 5.74) is -0.829. The van der Waals surface area contributed by atoms with Crippen LogP contribution < -0.4 is 4.72 Å². The zero-order valence-electron chi connectivity index (χ0n) is 10.7. The molecule has 2 N–H and O–H groups in total. The third-order valence-electron chi connectivity index (χ3n) is 3.20. The minimum absolute atomic E-state index is 0.101. The van der Waals surface area contributed by atoms with E-state index in [1.54, 1.807) is 19.1 Å². The number of hydrogen-bond donors (Lipinski definition) is 2. The third-order valence-corrected chi connectivity index (χ3v) is 6.56. The molecule has 0 spiro atoms. The van der Waals surface area contributed by atoms with Gasteiger partial charge in [0.2, 0.25) is 10.0 Å². The van der Waals surface area contributed by atoms with Gasteiger partial charge in [-0.05, 0) is 36.8 Å². The first-order valence-corrected chi connectivity index (χ1v) is 9.31. The van der Waals surface area contributed by atoms with Crippen LogP contribution in [0.1, 0.15) is 12.0 Å². The van der Waals surface area contributed by atoms with Gasteiger partial charge in [-0.1, -0.05) is 22.0 Å². The van der Waals surface area contributed by atoms with Crippen molar-refractivity contribution in [1.82, 2.24) is 4.72 Å². The van der Waals surface area contributed by atoms with Crippen molar-refractivity contribution in [2.45, 2.75) is 23.8 Å². The van der Waals surface area contributed by atoms with Gasteiger partial charge in [-0.2, -0.15) is 16.5 Å². The second-order valence-corrected chi connectivity index (χ2v) is 8.38. The van der Waals surface area contributed by atoms with Crippen LogP contribution in [0, 0.1) is 6.92 Å². The van der Waals surface area contributed by atoms with Crippen molar-refractivity contribution in [2.75, 3.05) is 11.5 Å². The van der Waals surface area contributed by atoms with Crippen molar-refractivity contribution < 1.29 is 18.3 Å². The SMILES string of the molecule is Cc1ccc(Br)cc1S(=O)(=O)NC1(C(=O)O)CCSC1. The molecule has 0 aliphatic carbocycles. The summed E-state index contributed by atoms with van der Waals surface area (Å²) in [4.78, 5) is 11.5. The molecule has 1 heterocycles. The lowest BCUT2D eigenvalue weighted by atomic mass is 10.0. The Kier molecular flexibility index (Phi) is 4.48. The number of nitrogens with one attached hydrogen (secondary N) is 1. The maximum atomic E-state index is 12.5. The van der Waals surface area contributed by atoms with Gasteiger partial charge in [-0.15, -0.1) is 0 Å². The van der Waals surface area contributed by atoms with Gasteiger partial charge in [0, 0.05) is 10.2 Å². The van der Waals surface area contributed by atoms with Crippen molar-refractivity contribution >= 4 is 43.7 Å². The summed E-state index contributed by atoms with van der Waals surface area (Å²) in [5.74, 6) is -0.250. The van der Waals surface area contributed by atoms with Gasteiger partial charge in [-0.3, -0.25) is 4.79 Å². The molecule has 0 aromatic heterocycles. The molecule has 0 amide bonds. The van der Waals surface area contributed by atoms with E-state index in [1.807, 2.05) is 0 Å². The molecule has 5 nitrogen and oxygen atoms in total. The normalized spacial score (nSPS) is 22.9. The molecule has 1 fully saturated rings. The Balaban J connectivity index is 2.40. The minimum Gasteiger partial charge on any atom is -0.480 e. The van der Waals surface area contributed by atoms with Crippen LogP contribution in [0.25, 0.3) is 0 Å². The summed E-state index contributed by atoms with van der Waals surface area (Å²) >= 11 is 4.67. The van der Waals surface area contributed by atoms with Crippen molar-refractivity contribution in [1.29, 1.82) is 0 Å². The highest BCUT2D eigenvalue weighted by Crippen LogP contribution is 2.31. The lowest BCUT2D eigenvalue weighted by Crippen LogP contribution is -2.54. The molecule has 110 valence electrons. The van der Waals surface area contributed by atoms with Gasteiger partial charge in [-0.25, -0.2) is 8.42 Å². The summed E-state index contributed by atoms with van der Waals surface area (Å²) in [5, 5.41) is 9.35. The molecule has 1 aromatic rings. The Morgan fingerprint density at radius 3 is 2.75 bits per heavy atom. The van der Waals surface area contributed by atoms with Crippen molar-refractivity contribution in [3.05, 3.63) is 28.2 Å². The Morgan fingerprint density at radius 1 is 1.50 bits per heavy atom. The molecular formula is C12H14BrNO4S2. The van der Waals surface area contributed by atoms with Crippen LogP contribution in [0.15, 0.2) is 27.6 Å². The number of benzene rings is 1. The number of sulfonamides is 1. The lowest BCUT2D eigenvalue weighted by molar-refractivity contribution is -0.142. The molecule has 0 radical (unpaired) electrons. The number of carboxylic acids is 1. The Hall–Kier alpha value is -0.570. The van der Waals surface area contributed by atoms with Crippen LogP contribution in [0.3, 0.4) is 0 Å². The molecule has 0 bridgehead atoms. The van der Waals surface area contributed by atoms with Gasteiger partial charge in [0.15, 0.2) is 0 Å². The molecule has 1 unspecified atom stereocenters. The largest absolute Gasteiger partial charge is 0.480 e. The number of carboxylic acid groups (broad SMARTS) is 1. The molecule has 2 rings (SSSR count). The van der Waals surface area contributed by atoms with Crippen LogP contribution >= 0.6 is 27.7 Å². The van der Waals surface area contributed by atoms with Gasteiger partial charge < -0.3 is 5.11 Å². The molecule has 1 saturated heterocycles. The van der Waals surface area contributed by atoms with Crippen LogP contribution in [-0.2, 0) is 14.8 Å². The third kappa shape index (κ3) is 3.03. The zero-order valence-corrected chi connectivity index (χ0v) is 13.9. The Morgan fingerprint density at radius 2 is 2.20 bits per heavy atom. The average Bonchev–Trinajstić information content (AvgIpc) is 2.81. The van der Waals surface area contributed by atoms with E-state index in [9.17, 15) is 18.3 Å². The minimum atomic E-state index is -3.87. The van der Waals surface area contributed by atoms with Crippen LogP contribution in [0.2, 0.25) is 0 Å². The summed E-state index contributed by atoms with van der Waals surface area (Å²) in [7, 11) is -3.87. The summed E-state index contributed by atoms with van der Waals surface area (Å²) in [6.45, 7) is 1.68. The topological polar surface area (TPSA) is 83.5 Å². The first kappa shape index (κ1) is 15.8. The zero-order chi connectivity index (χ0) is 15.0. The fourth-order valence-corrected chi connectivity index (χ4v) is 5.62. The second kappa shape index (κ2) is 5.67. The first-order chi connectivity index (χ1) is 9.27. The Labute approximate surface area is 130 Å². The van der Waals surface area contributed by atoms with Crippen LogP contribution in [0.4, 0.5) is 0 Å². The highest BCUT2D eigenvalue weighted by atomic mass is 79.9. The van der Waals surface area contributed by atoms with E-state index in [2.05, 4.69) is 20.7 Å². The molecule has 1 aliphatic heterocycles. The molecule has 0 saturated carbocycles. The number of thioether (sulfide) groups is 1. The highest BCUT2D eigenvalue weighted by Gasteiger charge is 2.45. The molecule has 1 aromatic carbocycles. The van der Waals surface area contributed by atoms with E-state index in [0.717, 1.165) is 0 Å². The van der Waals surface area contributed by atoms with Gasteiger partial charge in [0.25, 0.3) is 0 Å². The standard InChI is InChI=1S/C12H14BrNO4S2/c1-8-2-3-9(13)6-10(8)20(17,18)14-12(11(15)16)4-5-19-7-12/h2-3,6,14H,4-5,7H2,1H3,(H,15,16). The van der Waals surface area contributed by atoms with Crippen LogP contribution in [0.5, 0.6) is 0 Å². The van der Waals surface area contributed by atoms with Gasteiger partial charge >= 0.3 is 5.97 Å². The molecular weight excluding hydrogens is 366 g/mol. The van der Waals surface area contributed by atoms with E-state index in [1.165, 1.54) is 17.8 Å². The van der Waals surface area contributed by atoms with Crippen molar-refractivity contribution in [3.63, 3.8) is 0 Å². The summed E-state index contributed by atoms with van der Waals surface area (Å²) in [6.07, 6.45) is 0.291. The first-order valence-electron chi connectivity index (χ1n) is 5.88. The lowest BCUT2D eigenvalue weighted by Gasteiger charge is -2.24. The van der Waals surface area contributed by atoms with Gasteiger partial charge in [0.1, 0.15) is 5.54 Å². The molecule has 1 aliphatic rings. The number of hydrogen-bond acceptors (Lipinski definition) is 4. The molecule has 20 heavy (non-hydrogen) atoms. The molecule has 8 heteroatoms. The van der Waals surface area contributed by atoms with Crippen molar-refractivity contribution in [2.24, 2.45) is 0 Å². The quantitative estimate of drug-likeness (QED) is 0.835. The highest BCUT2D eigenvalue weighted by molar-refractivity contribution is 9.10. The van der Waals surface area contributed by atoms with Crippen molar-refractivity contribution in [3.8, 4) is 0 Å². The number of aryl methyl sites for hydroxylation is 1. The van der Waals surface area contributed by atoms with E-state index in [0.29, 0.717) is 22.2 Å². The second-order valence-electron chi connectivity index (χ2n) is 4.71. The van der Waals surface area contributed by atoms with Gasteiger partial charge in [0.05, 0.1) is 4.90 Å². The van der Waals surface area contributed by atoms with E-state index < -0.39 is 21.5 Å². The predicted octanol–water partition coefficient (Wildman–Crippen LogP) is 2.00. The van der Waals surface area contributed by atoms with E-state index in [-0.39, 0.29) is 10.6 Å². The number of halogens is 1. The predicted molar refractivity (Wildman–Crippen MR) is 81.5 cm³/mol. The number of rotatable bonds is 4. The maximum absolute atomic E-state index is 12.5. The smallest absolute Gasteiger partial charge is 0.325 e. The maximum Gasteiger partial charge on any atom is 0.325 e. The number of carbonyl (C=O) groups is 1. The monoisotopic (exact) mass is 379 g/mol.